The van der Waals surface area contributed by atoms with Gasteiger partial charge >= 0.3 is 0 Å². The molecule has 7 nitrogen and oxygen atoms in total. The summed E-state index contributed by atoms with van der Waals surface area (Å²) in [6, 6.07) is 10.3. The highest BCUT2D eigenvalue weighted by atomic mass is 32.1. The van der Waals surface area contributed by atoms with E-state index in [2.05, 4.69) is 25.8 Å². The van der Waals surface area contributed by atoms with Gasteiger partial charge in [0.15, 0.2) is 0 Å². The van der Waals surface area contributed by atoms with Crippen molar-refractivity contribution in [1.29, 1.82) is 0 Å². The standard InChI is InChI=1S/C19H14F2N6OS/c1-11-18(29-17(23-11)8-12-2-4-13(20)5-3-12)19(28)24-16-9-14(6-7-15(16)21)27-10-22-25-26-27/h2-7,9-10H,8H2,1H3,(H,24,28). The summed E-state index contributed by atoms with van der Waals surface area (Å²) in [4.78, 5) is 17.5. The molecule has 0 spiro atoms. The normalized spacial score (nSPS) is 10.9. The van der Waals surface area contributed by atoms with Crippen LogP contribution in [0.3, 0.4) is 0 Å². The molecule has 10 heteroatoms. The summed E-state index contributed by atoms with van der Waals surface area (Å²) in [5, 5.41) is 14.1. The Morgan fingerprint density at radius 2 is 1.97 bits per heavy atom. The molecule has 0 radical (unpaired) electrons. The lowest BCUT2D eigenvalue weighted by Gasteiger charge is -2.07. The molecule has 146 valence electrons. The van der Waals surface area contributed by atoms with Crippen molar-refractivity contribution in [3.8, 4) is 5.69 Å². The largest absolute Gasteiger partial charge is 0.319 e. The first-order valence-corrected chi connectivity index (χ1v) is 9.36. The van der Waals surface area contributed by atoms with Crippen LogP contribution < -0.4 is 5.32 Å². The van der Waals surface area contributed by atoms with Gasteiger partial charge in [-0.2, -0.15) is 0 Å². The first-order chi connectivity index (χ1) is 14.0. The Hall–Kier alpha value is -3.53. The molecule has 2 aromatic carbocycles. The average molecular weight is 412 g/mol. The predicted octanol–water partition coefficient (Wildman–Crippen LogP) is 3.55. The number of hydrogen-bond acceptors (Lipinski definition) is 6. The Kier molecular flexibility index (Phi) is 5.09. The van der Waals surface area contributed by atoms with Crippen LogP contribution in [-0.2, 0) is 6.42 Å². The maximum absolute atomic E-state index is 14.2. The third kappa shape index (κ3) is 4.16. The summed E-state index contributed by atoms with van der Waals surface area (Å²) < 4.78 is 28.6. The van der Waals surface area contributed by atoms with E-state index >= 15 is 0 Å². The second-order valence-electron chi connectivity index (χ2n) is 6.20. The fourth-order valence-electron chi connectivity index (χ4n) is 2.73. The minimum Gasteiger partial charge on any atom is -0.319 e. The third-order valence-corrected chi connectivity index (χ3v) is 5.28. The van der Waals surface area contributed by atoms with E-state index in [1.165, 1.54) is 52.7 Å². The molecule has 2 heterocycles. The van der Waals surface area contributed by atoms with Gasteiger partial charge in [-0.1, -0.05) is 12.1 Å². The minimum absolute atomic E-state index is 0.0101. The van der Waals surface area contributed by atoms with Crippen LogP contribution in [0.2, 0.25) is 0 Å². The second-order valence-corrected chi connectivity index (χ2v) is 7.28. The Labute approximate surface area is 168 Å². The molecule has 4 rings (SSSR count). The van der Waals surface area contributed by atoms with Crippen LogP contribution in [0.4, 0.5) is 14.5 Å². The lowest BCUT2D eigenvalue weighted by atomic mass is 10.1. The molecule has 1 amide bonds. The molecule has 0 unspecified atom stereocenters. The van der Waals surface area contributed by atoms with Gasteiger partial charge in [-0.3, -0.25) is 4.79 Å². The van der Waals surface area contributed by atoms with Gasteiger partial charge in [0.2, 0.25) is 0 Å². The van der Waals surface area contributed by atoms with E-state index < -0.39 is 11.7 Å². The molecule has 0 atom stereocenters. The summed E-state index contributed by atoms with van der Waals surface area (Å²) in [7, 11) is 0. The van der Waals surface area contributed by atoms with Gasteiger partial charge in [-0.05, 0) is 53.2 Å². The number of halogens is 2. The number of nitrogens with zero attached hydrogens (tertiary/aromatic N) is 5. The molecule has 0 aliphatic heterocycles. The van der Waals surface area contributed by atoms with E-state index in [0.29, 0.717) is 27.7 Å². The van der Waals surface area contributed by atoms with Crippen molar-refractivity contribution in [2.24, 2.45) is 0 Å². The maximum Gasteiger partial charge on any atom is 0.267 e. The molecular formula is C19H14F2N6OS. The molecule has 29 heavy (non-hydrogen) atoms. The number of rotatable bonds is 5. The summed E-state index contributed by atoms with van der Waals surface area (Å²) in [6.45, 7) is 1.72. The number of amides is 1. The van der Waals surface area contributed by atoms with Crippen LogP contribution in [0.25, 0.3) is 5.69 Å². The smallest absolute Gasteiger partial charge is 0.267 e. The molecule has 0 aliphatic rings. The molecule has 0 saturated carbocycles. The van der Waals surface area contributed by atoms with E-state index in [9.17, 15) is 13.6 Å². The number of aromatic nitrogens is 5. The van der Waals surface area contributed by atoms with Crippen LogP contribution in [0.15, 0.2) is 48.8 Å². The van der Waals surface area contributed by atoms with Crippen molar-refractivity contribution in [1.82, 2.24) is 25.2 Å². The third-order valence-electron chi connectivity index (χ3n) is 4.13. The van der Waals surface area contributed by atoms with E-state index in [1.54, 1.807) is 19.1 Å². The number of hydrogen-bond donors (Lipinski definition) is 1. The Balaban J connectivity index is 1.54. The topological polar surface area (TPSA) is 85.6 Å². The van der Waals surface area contributed by atoms with E-state index in [0.717, 1.165) is 5.56 Å². The summed E-state index contributed by atoms with van der Waals surface area (Å²) in [5.41, 5.74) is 1.94. The Morgan fingerprint density at radius 1 is 1.17 bits per heavy atom. The lowest BCUT2D eigenvalue weighted by molar-refractivity contribution is 0.102. The molecule has 2 aromatic heterocycles. The SMILES string of the molecule is Cc1nc(Cc2ccc(F)cc2)sc1C(=O)Nc1cc(-n2cnnn2)ccc1F. The monoisotopic (exact) mass is 412 g/mol. The molecular weight excluding hydrogens is 398 g/mol. The molecule has 0 fully saturated rings. The highest BCUT2D eigenvalue weighted by molar-refractivity contribution is 7.14. The number of thiazole rings is 1. The molecule has 1 N–H and O–H groups in total. The number of anilines is 1. The number of benzene rings is 2. The number of carbonyl (C=O) groups is 1. The number of nitrogens with one attached hydrogen (secondary N) is 1. The summed E-state index contributed by atoms with van der Waals surface area (Å²) in [6.07, 6.45) is 1.84. The fraction of sp³-hybridized carbons (Fsp3) is 0.105. The van der Waals surface area contributed by atoms with Crippen molar-refractivity contribution in [2.75, 3.05) is 5.32 Å². The van der Waals surface area contributed by atoms with Crippen LogP contribution in [0.5, 0.6) is 0 Å². The lowest BCUT2D eigenvalue weighted by Crippen LogP contribution is -2.13. The Morgan fingerprint density at radius 3 is 2.69 bits per heavy atom. The van der Waals surface area contributed by atoms with Crippen molar-refractivity contribution in [2.45, 2.75) is 13.3 Å². The van der Waals surface area contributed by atoms with Crippen LogP contribution >= 0.6 is 11.3 Å². The van der Waals surface area contributed by atoms with Gasteiger partial charge in [-0.15, -0.1) is 16.4 Å². The highest BCUT2D eigenvalue weighted by Crippen LogP contribution is 2.24. The summed E-state index contributed by atoms with van der Waals surface area (Å²) in [5.74, 6) is -1.35. The number of carbonyl (C=O) groups excluding carboxylic acids is 1. The quantitative estimate of drug-likeness (QED) is 0.542. The number of tetrazole rings is 1. The Bertz CT molecular complexity index is 1160. The first-order valence-electron chi connectivity index (χ1n) is 8.54. The van der Waals surface area contributed by atoms with Crippen LogP contribution in [0, 0.1) is 18.6 Å². The fourth-order valence-corrected chi connectivity index (χ4v) is 3.72. The van der Waals surface area contributed by atoms with E-state index in [-0.39, 0.29) is 11.5 Å². The van der Waals surface area contributed by atoms with Gasteiger partial charge in [-0.25, -0.2) is 18.4 Å². The van der Waals surface area contributed by atoms with Gasteiger partial charge in [0, 0.05) is 6.42 Å². The zero-order valence-electron chi connectivity index (χ0n) is 15.1. The number of aryl methyl sites for hydroxylation is 1. The first kappa shape index (κ1) is 18.8. The van der Waals surface area contributed by atoms with E-state index in [1.807, 2.05) is 0 Å². The van der Waals surface area contributed by atoms with E-state index in [4.69, 9.17) is 0 Å². The van der Waals surface area contributed by atoms with Crippen molar-refractivity contribution in [3.63, 3.8) is 0 Å². The van der Waals surface area contributed by atoms with Crippen LogP contribution in [0.1, 0.15) is 25.9 Å². The second kappa shape index (κ2) is 7.84. The zero-order chi connectivity index (χ0) is 20.4. The summed E-state index contributed by atoms with van der Waals surface area (Å²) >= 11 is 1.22. The molecule has 0 saturated heterocycles. The molecule has 0 aliphatic carbocycles. The van der Waals surface area contributed by atoms with Gasteiger partial charge in [0.05, 0.1) is 22.1 Å². The minimum atomic E-state index is -0.580. The van der Waals surface area contributed by atoms with Crippen LogP contribution in [-0.4, -0.2) is 31.1 Å². The highest BCUT2D eigenvalue weighted by Gasteiger charge is 2.18. The van der Waals surface area contributed by atoms with Gasteiger partial charge < -0.3 is 5.32 Å². The zero-order valence-corrected chi connectivity index (χ0v) is 16.0. The van der Waals surface area contributed by atoms with Crippen molar-refractivity contribution in [3.05, 3.63) is 81.6 Å². The molecule has 0 bridgehead atoms. The average Bonchev–Trinajstić information content (AvgIpc) is 3.35. The maximum atomic E-state index is 14.2. The van der Waals surface area contributed by atoms with Crippen molar-refractivity contribution < 1.29 is 13.6 Å². The van der Waals surface area contributed by atoms with Crippen molar-refractivity contribution >= 4 is 22.9 Å². The van der Waals surface area contributed by atoms with Gasteiger partial charge in [0.1, 0.15) is 22.8 Å². The van der Waals surface area contributed by atoms with Gasteiger partial charge in [0.25, 0.3) is 5.91 Å². The predicted molar refractivity (Wildman–Crippen MR) is 103 cm³/mol. The molecule has 4 aromatic rings.